The average Bonchev–Trinajstić information content (AvgIpc) is 3.33. The van der Waals surface area contributed by atoms with Gasteiger partial charge in [-0.2, -0.15) is 0 Å². The zero-order valence-electron chi connectivity index (χ0n) is 18.5. The SMILES string of the molecule is CCOC(/C=C(\CC)c1ccc(CN2CCC(O)C2)cc1)=C1/C(=O)Nc2ccc(F)cc21. The van der Waals surface area contributed by atoms with Crippen LogP contribution in [0.25, 0.3) is 11.1 Å². The van der Waals surface area contributed by atoms with Crippen LogP contribution in [-0.4, -0.2) is 41.7 Å². The highest BCUT2D eigenvalue weighted by molar-refractivity contribution is 6.32. The number of nitrogens with one attached hydrogen (secondary N) is 1. The topological polar surface area (TPSA) is 61.8 Å². The second-order valence-electron chi connectivity index (χ2n) is 8.21. The Morgan fingerprint density at radius 2 is 2.03 bits per heavy atom. The fourth-order valence-electron chi connectivity index (χ4n) is 4.31. The van der Waals surface area contributed by atoms with Crippen LogP contribution in [0.3, 0.4) is 0 Å². The van der Waals surface area contributed by atoms with Crippen molar-refractivity contribution in [3.63, 3.8) is 0 Å². The molecule has 1 saturated heterocycles. The lowest BCUT2D eigenvalue weighted by molar-refractivity contribution is -0.110. The first-order valence-corrected chi connectivity index (χ1v) is 11.2. The fourth-order valence-corrected chi connectivity index (χ4v) is 4.31. The number of halogens is 1. The minimum atomic E-state index is -0.394. The molecule has 5 nitrogen and oxygen atoms in total. The van der Waals surface area contributed by atoms with Gasteiger partial charge in [0.05, 0.1) is 18.3 Å². The number of rotatable bonds is 7. The Morgan fingerprint density at radius 1 is 1.25 bits per heavy atom. The second-order valence-corrected chi connectivity index (χ2v) is 8.21. The van der Waals surface area contributed by atoms with Gasteiger partial charge in [0, 0.05) is 30.9 Å². The zero-order chi connectivity index (χ0) is 22.7. The van der Waals surface area contributed by atoms with Crippen LogP contribution in [-0.2, 0) is 16.1 Å². The highest BCUT2D eigenvalue weighted by Crippen LogP contribution is 2.36. The van der Waals surface area contributed by atoms with Crippen molar-refractivity contribution in [2.45, 2.75) is 39.3 Å². The van der Waals surface area contributed by atoms with E-state index in [0.29, 0.717) is 29.2 Å². The van der Waals surface area contributed by atoms with Crippen LogP contribution < -0.4 is 5.32 Å². The minimum absolute atomic E-state index is 0.222. The number of nitrogens with zero attached hydrogens (tertiary/aromatic N) is 1. The molecule has 168 valence electrons. The molecule has 2 aliphatic heterocycles. The highest BCUT2D eigenvalue weighted by atomic mass is 19.1. The summed E-state index contributed by atoms with van der Waals surface area (Å²) in [5.41, 5.74) is 4.74. The Bertz CT molecular complexity index is 1060. The molecule has 0 spiro atoms. The second kappa shape index (κ2) is 9.67. The number of aliphatic hydroxyl groups excluding tert-OH is 1. The van der Waals surface area contributed by atoms with Gasteiger partial charge in [0.2, 0.25) is 0 Å². The van der Waals surface area contributed by atoms with Crippen molar-refractivity contribution >= 4 is 22.7 Å². The largest absolute Gasteiger partial charge is 0.493 e. The van der Waals surface area contributed by atoms with Crippen molar-refractivity contribution in [1.82, 2.24) is 4.90 Å². The number of β-amino-alcohol motifs (C(OH)–C–C–N with tert-alkyl or cyclic N) is 1. The van der Waals surface area contributed by atoms with Gasteiger partial charge in [-0.05, 0) is 60.7 Å². The summed E-state index contributed by atoms with van der Waals surface area (Å²) in [6.45, 7) is 6.77. The van der Waals surface area contributed by atoms with Gasteiger partial charge in [0.15, 0.2) is 0 Å². The standard InChI is InChI=1S/C26H29FN2O3/c1-3-18(19-7-5-17(6-8-19)15-29-12-11-21(30)16-29)13-24(32-4-2)25-22-14-20(27)9-10-23(22)28-26(25)31/h5-10,13-14,21,30H,3-4,11-12,15-16H2,1-2H3,(H,28,31)/b18-13+,25-24+. The maximum Gasteiger partial charge on any atom is 0.260 e. The van der Waals surface area contributed by atoms with Gasteiger partial charge in [-0.3, -0.25) is 9.69 Å². The molecule has 2 N–H and O–H groups in total. The Morgan fingerprint density at radius 3 is 2.69 bits per heavy atom. The van der Waals surface area contributed by atoms with Crippen molar-refractivity contribution in [1.29, 1.82) is 0 Å². The molecule has 0 bridgehead atoms. The first-order chi connectivity index (χ1) is 15.5. The molecule has 4 rings (SSSR count). The van der Waals surface area contributed by atoms with Crippen molar-refractivity contribution in [2.75, 3.05) is 25.0 Å². The van der Waals surface area contributed by atoms with Gasteiger partial charge in [0.25, 0.3) is 5.91 Å². The van der Waals surface area contributed by atoms with E-state index < -0.39 is 5.82 Å². The van der Waals surface area contributed by atoms with Gasteiger partial charge >= 0.3 is 0 Å². The van der Waals surface area contributed by atoms with Crippen LogP contribution in [0.1, 0.15) is 43.4 Å². The molecule has 0 aromatic heterocycles. The lowest BCUT2D eigenvalue weighted by Gasteiger charge is -2.16. The molecule has 2 aromatic rings. The molecule has 1 unspecified atom stereocenters. The van der Waals surface area contributed by atoms with Crippen molar-refractivity contribution in [3.8, 4) is 0 Å². The third kappa shape index (κ3) is 4.76. The van der Waals surface area contributed by atoms with E-state index in [-0.39, 0.29) is 12.0 Å². The summed E-state index contributed by atoms with van der Waals surface area (Å²) in [6.07, 6.45) is 3.25. The molecular formula is C26H29FN2O3. The van der Waals surface area contributed by atoms with Gasteiger partial charge < -0.3 is 15.2 Å². The number of hydrogen-bond acceptors (Lipinski definition) is 4. The molecule has 2 aliphatic rings. The summed E-state index contributed by atoms with van der Waals surface area (Å²) in [6, 6.07) is 12.6. The summed E-state index contributed by atoms with van der Waals surface area (Å²) >= 11 is 0. The van der Waals surface area contributed by atoms with Crippen LogP contribution in [0.4, 0.5) is 10.1 Å². The Kier molecular flexibility index (Phi) is 6.72. The highest BCUT2D eigenvalue weighted by Gasteiger charge is 2.28. The first-order valence-electron chi connectivity index (χ1n) is 11.2. The van der Waals surface area contributed by atoms with E-state index in [9.17, 15) is 14.3 Å². The average molecular weight is 437 g/mol. The summed E-state index contributed by atoms with van der Waals surface area (Å²) in [4.78, 5) is 14.9. The molecule has 0 saturated carbocycles. The van der Waals surface area contributed by atoms with E-state index in [1.54, 1.807) is 6.07 Å². The number of ether oxygens (including phenoxy) is 1. The number of fused-ring (bicyclic) bond motifs is 1. The maximum absolute atomic E-state index is 13.9. The van der Waals surface area contributed by atoms with Gasteiger partial charge in [-0.1, -0.05) is 31.2 Å². The molecule has 0 radical (unpaired) electrons. The fraction of sp³-hybridized carbons (Fsp3) is 0.346. The molecule has 1 fully saturated rings. The number of likely N-dealkylation sites (tertiary alicyclic amines) is 1. The predicted octanol–water partition coefficient (Wildman–Crippen LogP) is 4.59. The quantitative estimate of drug-likeness (QED) is 0.493. The number of allylic oxidation sites excluding steroid dienone is 2. The Balaban J connectivity index is 1.64. The summed E-state index contributed by atoms with van der Waals surface area (Å²) < 4.78 is 19.7. The number of carbonyl (C=O) groups excluding carboxylic acids is 1. The zero-order valence-corrected chi connectivity index (χ0v) is 18.5. The molecule has 32 heavy (non-hydrogen) atoms. The van der Waals surface area contributed by atoms with E-state index in [1.807, 2.05) is 13.0 Å². The first kappa shape index (κ1) is 22.2. The van der Waals surface area contributed by atoms with Crippen molar-refractivity contribution < 1.29 is 19.0 Å². The lowest BCUT2D eigenvalue weighted by atomic mass is 9.98. The van der Waals surface area contributed by atoms with Crippen LogP contribution in [0.15, 0.2) is 54.3 Å². The number of anilines is 1. The Hall–Kier alpha value is -2.96. The van der Waals surface area contributed by atoms with E-state index in [2.05, 4.69) is 41.4 Å². The molecule has 2 aromatic carbocycles. The summed E-state index contributed by atoms with van der Waals surface area (Å²) in [5, 5.41) is 12.5. The third-order valence-corrected chi connectivity index (χ3v) is 5.94. The monoisotopic (exact) mass is 436 g/mol. The van der Waals surface area contributed by atoms with Crippen LogP contribution in [0.5, 0.6) is 0 Å². The number of aliphatic hydroxyl groups is 1. The molecule has 1 amide bonds. The van der Waals surface area contributed by atoms with Crippen LogP contribution in [0.2, 0.25) is 0 Å². The number of amides is 1. The molecule has 0 aliphatic carbocycles. The van der Waals surface area contributed by atoms with Crippen LogP contribution in [0, 0.1) is 5.82 Å². The predicted molar refractivity (Wildman–Crippen MR) is 124 cm³/mol. The van der Waals surface area contributed by atoms with Gasteiger partial charge in [-0.25, -0.2) is 4.39 Å². The van der Waals surface area contributed by atoms with Crippen molar-refractivity contribution in [3.05, 3.63) is 76.8 Å². The van der Waals surface area contributed by atoms with Gasteiger partial charge in [0.1, 0.15) is 11.6 Å². The molecule has 6 heteroatoms. The van der Waals surface area contributed by atoms with E-state index >= 15 is 0 Å². The number of hydrogen-bond donors (Lipinski definition) is 2. The summed E-state index contributed by atoms with van der Waals surface area (Å²) in [5.74, 6) is -0.236. The van der Waals surface area contributed by atoms with Gasteiger partial charge in [-0.15, -0.1) is 0 Å². The molecule has 1 atom stereocenters. The normalized spacial score (nSPS) is 20.3. The van der Waals surface area contributed by atoms with E-state index in [4.69, 9.17) is 4.74 Å². The summed E-state index contributed by atoms with van der Waals surface area (Å²) in [7, 11) is 0. The molecule has 2 heterocycles. The van der Waals surface area contributed by atoms with Crippen LogP contribution >= 0.6 is 0 Å². The van der Waals surface area contributed by atoms with E-state index in [1.165, 1.54) is 17.7 Å². The van der Waals surface area contributed by atoms with E-state index in [0.717, 1.165) is 43.6 Å². The number of carbonyl (C=O) groups is 1. The minimum Gasteiger partial charge on any atom is -0.493 e. The van der Waals surface area contributed by atoms with Crippen molar-refractivity contribution in [2.24, 2.45) is 0 Å². The lowest BCUT2D eigenvalue weighted by Crippen LogP contribution is -2.21. The smallest absolute Gasteiger partial charge is 0.260 e. The maximum atomic E-state index is 13.9. The molecular weight excluding hydrogens is 407 g/mol. The number of benzene rings is 2. The third-order valence-electron chi connectivity index (χ3n) is 5.94. The Labute approximate surface area is 188 Å².